The second kappa shape index (κ2) is 4.60. The van der Waals surface area contributed by atoms with Crippen molar-refractivity contribution in [2.75, 3.05) is 0 Å². The van der Waals surface area contributed by atoms with Crippen molar-refractivity contribution in [2.45, 2.75) is 26.4 Å². The predicted octanol–water partition coefficient (Wildman–Crippen LogP) is 4.40. The van der Waals surface area contributed by atoms with E-state index in [0.29, 0.717) is 5.75 Å². The van der Waals surface area contributed by atoms with Gasteiger partial charge in [-0.3, -0.25) is 0 Å². The number of hydrogen-bond acceptors (Lipinski definition) is 1. The molecule has 0 atom stereocenters. The van der Waals surface area contributed by atoms with Crippen LogP contribution >= 0.6 is 0 Å². The molecule has 1 aromatic carbocycles. The van der Waals surface area contributed by atoms with Crippen molar-refractivity contribution in [3.8, 4) is 5.75 Å². The number of ether oxygens (including phenoxy) is 1. The summed E-state index contributed by atoms with van der Waals surface area (Å²) in [6.45, 7) is 5.59. The van der Waals surface area contributed by atoms with Gasteiger partial charge in [-0.05, 0) is 45.0 Å². The van der Waals surface area contributed by atoms with Crippen molar-refractivity contribution >= 4 is 5.83 Å². The fourth-order valence-corrected chi connectivity index (χ4v) is 1.13. The molecule has 88 valence electrons. The molecule has 0 N–H and O–H groups in total. The van der Waals surface area contributed by atoms with Crippen LogP contribution in [0.4, 0.5) is 13.2 Å². The van der Waals surface area contributed by atoms with Gasteiger partial charge in [-0.1, -0.05) is 0 Å². The van der Waals surface area contributed by atoms with Crippen LogP contribution in [0.2, 0.25) is 0 Å². The molecule has 0 spiro atoms. The van der Waals surface area contributed by atoms with Gasteiger partial charge in [0.05, 0.1) is 0 Å². The summed E-state index contributed by atoms with van der Waals surface area (Å²) in [7, 11) is 0. The summed E-state index contributed by atoms with van der Waals surface area (Å²) in [5.41, 5.74) is -0.525. The molecule has 0 aliphatic carbocycles. The summed E-state index contributed by atoms with van der Waals surface area (Å²) in [4.78, 5) is 0. The maximum absolute atomic E-state index is 12.8. The zero-order valence-electron chi connectivity index (χ0n) is 9.35. The monoisotopic (exact) mass is 230 g/mol. The topological polar surface area (TPSA) is 9.23 Å². The number of benzene rings is 1. The summed E-state index contributed by atoms with van der Waals surface area (Å²) in [6.07, 6.45) is -2.32. The molecule has 0 bridgehead atoms. The van der Waals surface area contributed by atoms with E-state index in [-0.39, 0.29) is 11.2 Å². The lowest BCUT2D eigenvalue weighted by atomic mass is 10.1. The minimum absolute atomic E-state index is 0.152. The molecule has 1 aromatic rings. The van der Waals surface area contributed by atoms with Crippen LogP contribution in [0.5, 0.6) is 5.75 Å². The van der Waals surface area contributed by atoms with Gasteiger partial charge >= 0.3 is 6.08 Å². The largest absolute Gasteiger partial charge is 0.488 e. The molecule has 0 aliphatic rings. The summed E-state index contributed by atoms with van der Waals surface area (Å²) in [5, 5.41) is 0. The lowest BCUT2D eigenvalue weighted by Gasteiger charge is -2.21. The molecule has 0 saturated heterocycles. The van der Waals surface area contributed by atoms with Crippen LogP contribution in [0, 0.1) is 0 Å². The fraction of sp³-hybridized carbons (Fsp3) is 0.333. The van der Waals surface area contributed by atoms with E-state index in [1.807, 2.05) is 20.8 Å². The van der Waals surface area contributed by atoms with Gasteiger partial charge in [0.1, 0.15) is 11.4 Å². The zero-order chi connectivity index (χ0) is 12.3. The third-order valence-corrected chi connectivity index (χ3v) is 1.70. The molecule has 1 rings (SSSR count). The molecule has 0 aromatic heterocycles. The van der Waals surface area contributed by atoms with Crippen LogP contribution in [-0.2, 0) is 0 Å². The van der Waals surface area contributed by atoms with E-state index in [1.165, 1.54) is 24.3 Å². The van der Waals surface area contributed by atoms with Gasteiger partial charge in [-0.2, -0.15) is 8.78 Å². The van der Waals surface area contributed by atoms with E-state index in [4.69, 9.17) is 4.74 Å². The second-order valence-corrected chi connectivity index (χ2v) is 4.31. The van der Waals surface area contributed by atoms with Crippen molar-refractivity contribution in [3.05, 3.63) is 35.9 Å². The van der Waals surface area contributed by atoms with Crippen LogP contribution in [0.15, 0.2) is 30.3 Å². The fourth-order valence-electron chi connectivity index (χ4n) is 1.13. The molecule has 1 nitrogen and oxygen atoms in total. The first kappa shape index (κ1) is 12.6. The molecule has 0 amide bonds. The predicted molar refractivity (Wildman–Crippen MR) is 57.1 cm³/mol. The van der Waals surface area contributed by atoms with Gasteiger partial charge in [-0.25, -0.2) is 4.39 Å². The minimum Gasteiger partial charge on any atom is -0.488 e. The summed E-state index contributed by atoms with van der Waals surface area (Å²) in [6, 6.07) is 5.44. The van der Waals surface area contributed by atoms with Gasteiger partial charge in [0, 0.05) is 5.56 Å². The third kappa shape index (κ3) is 3.61. The Balaban J connectivity index is 2.88. The Bertz CT molecular complexity index is 384. The molecule has 0 saturated carbocycles. The minimum atomic E-state index is -2.32. The molecular formula is C12H13F3O. The summed E-state index contributed by atoms with van der Waals surface area (Å²) in [5.74, 6) is -0.981. The van der Waals surface area contributed by atoms with E-state index >= 15 is 0 Å². The highest BCUT2D eigenvalue weighted by Gasteiger charge is 2.12. The van der Waals surface area contributed by atoms with Crippen LogP contribution in [-0.4, -0.2) is 5.60 Å². The summed E-state index contributed by atoms with van der Waals surface area (Å²) >= 11 is 0. The molecule has 16 heavy (non-hydrogen) atoms. The van der Waals surface area contributed by atoms with E-state index in [2.05, 4.69) is 0 Å². The molecule has 0 heterocycles. The van der Waals surface area contributed by atoms with Crippen molar-refractivity contribution in [3.63, 3.8) is 0 Å². The van der Waals surface area contributed by atoms with Crippen molar-refractivity contribution < 1.29 is 17.9 Å². The molecule has 0 unspecified atom stereocenters. The van der Waals surface area contributed by atoms with Crippen LogP contribution in [0.1, 0.15) is 26.3 Å². The first-order chi connectivity index (χ1) is 7.29. The number of hydrogen-bond donors (Lipinski definition) is 0. The molecule has 0 radical (unpaired) electrons. The Morgan fingerprint density at radius 2 is 1.50 bits per heavy atom. The maximum Gasteiger partial charge on any atom is 0.306 e. The standard InChI is InChI=1S/C12H13F3O/c1-12(2,3)16-9-6-4-8(5-7-9)10(13)11(14)15/h4-7H,1-3H3. The Hall–Kier alpha value is -1.45. The Morgan fingerprint density at radius 1 is 1.00 bits per heavy atom. The third-order valence-electron chi connectivity index (χ3n) is 1.70. The Morgan fingerprint density at radius 3 is 1.88 bits per heavy atom. The first-order valence-corrected chi connectivity index (χ1v) is 4.80. The Kier molecular flexibility index (Phi) is 3.62. The van der Waals surface area contributed by atoms with Crippen molar-refractivity contribution in [1.82, 2.24) is 0 Å². The highest BCUT2D eigenvalue weighted by Crippen LogP contribution is 2.25. The first-order valence-electron chi connectivity index (χ1n) is 4.80. The van der Waals surface area contributed by atoms with Crippen LogP contribution < -0.4 is 4.74 Å². The quantitative estimate of drug-likeness (QED) is 0.731. The lowest BCUT2D eigenvalue weighted by molar-refractivity contribution is 0.131. The van der Waals surface area contributed by atoms with E-state index < -0.39 is 11.9 Å². The molecule has 0 aliphatic heterocycles. The van der Waals surface area contributed by atoms with Crippen molar-refractivity contribution in [1.29, 1.82) is 0 Å². The normalized spacial score (nSPS) is 11.1. The van der Waals surface area contributed by atoms with E-state index in [0.717, 1.165) is 0 Å². The van der Waals surface area contributed by atoms with Crippen molar-refractivity contribution in [2.24, 2.45) is 0 Å². The lowest BCUT2D eigenvalue weighted by Crippen LogP contribution is -2.22. The second-order valence-electron chi connectivity index (χ2n) is 4.31. The average Bonchev–Trinajstić information content (AvgIpc) is 2.15. The van der Waals surface area contributed by atoms with Gasteiger partial charge in [0.25, 0.3) is 0 Å². The number of halogens is 3. The zero-order valence-corrected chi connectivity index (χ0v) is 9.35. The highest BCUT2D eigenvalue weighted by atomic mass is 19.3. The van der Waals surface area contributed by atoms with E-state index in [1.54, 1.807) is 0 Å². The number of rotatable bonds is 2. The van der Waals surface area contributed by atoms with Crippen LogP contribution in [0.3, 0.4) is 0 Å². The van der Waals surface area contributed by atoms with Crippen LogP contribution in [0.25, 0.3) is 5.83 Å². The smallest absolute Gasteiger partial charge is 0.306 e. The van der Waals surface area contributed by atoms with Gasteiger partial charge < -0.3 is 4.74 Å². The van der Waals surface area contributed by atoms with Gasteiger partial charge in [-0.15, -0.1) is 0 Å². The molecule has 4 heteroatoms. The van der Waals surface area contributed by atoms with Gasteiger partial charge in [0.15, 0.2) is 5.83 Å². The highest BCUT2D eigenvalue weighted by molar-refractivity contribution is 5.60. The Labute approximate surface area is 92.5 Å². The molecule has 0 fully saturated rings. The average molecular weight is 230 g/mol. The SMILES string of the molecule is CC(C)(C)Oc1ccc(C(F)=C(F)F)cc1. The summed E-state index contributed by atoms with van der Waals surface area (Å²) < 4.78 is 42.2. The maximum atomic E-state index is 12.8. The van der Waals surface area contributed by atoms with E-state index in [9.17, 15) is 13.2 Å². The molecular weight excluding hydrogens is 217 g/mol. The van der Waals surface area contributed by atoms with Gasteiger partial charge in [0.2, 0.25) is 0 Å².